The van der Waals surface area contributed by atoms with Crippen LogP contribution in [0.25, 0.3) is 0 Å². The number of nitrogens with one attached hydrogen (secondary N) is 1. The lowest BCUT2D eigenvalue weighted by Crippen LogP contribution is -2.13. The molecule has 0 aliphatic heterocycles. The first-order valence-electron chi connectivity index (χ1n) is 5.76. The first kappa shape index (κ1) is 15.3. The van der Waals surface area contributed by atoms with Gasteiger partial charge < -0.3 is 14.8 Å². The molecule has 1 N–H and O–H groups in total. The molecule has 0 saturated carbocycles. The van der Waals surface area contributed by atoms with Crippen LogP contribution in [0.15, 0.2) is 24.3 Å². The topological polar surface area (TPSA) is 73.3 Å². The second kappa shape index (κ2) is 6.60. The summed E-state index contributed by atoms with van der Waals surface area (Å²) in [7, 11) is 3.00. The summed E-state index contributed by atoms with van der Waals surface area (Å²) >= 11 is 11.4. The SMILES string of the molecule is COc1cc(OC)cc(C(=O)Nc2cc(Cl)nc(Cl)n2)c1. The van der Waals surface area contributed by atoms with Crippen molar-refractivity contribution in [3.8, 4) is 11.5 Å². The van der Waals surface area contributed by atoms with Gasteiger partial charge in [0, 0.05) is 17.7 Å². The summed E-state index contributed by atoms with van der Waals surface area (Å²) in [5, 5.41) is 2.65. The van der Waals surface area contributed by atoms with Gasteiger partial charge in [-0.1, -0.05) is 11.6 Å². The number of amides is 1. The molecule has 1 aromatic carbocycles. The van der Waals surface area contributed by atoms with E-state index in [-0.39, 0.29) is 16.3 Å². The first-order valence-corrected chi connectivity index (χ1v) is 6.52. The molecule has 21 heavy (non-hydrogen) atoms. The number of benzene rings is 1. The highest BCUT2D eigenvalue weighted by atomic mass is 35.5. The Balaban J connectivity index is 2.27. The molecule has 2 rings (SSSR count). The number of nitrogens with zero attached hydrogens (tertiary/aromatic N) is 2. The van der Waals surface area contributed by atoms with Crippen LogP contribution < -0.4 is 14.8 Å². The summed E-state index contributed by atoms with van der Waals surface area (Å²) in [5.41, 5.74) is 0.344. The van der Waals surface area contributed by atoms with Crippen molar-refractivity contribution in [1.29, 1.82) is 0 Å². The highest BCUT2D eigenvalue weighted by molar-refractivity contribution is 6.32. The number of rotatable bonds is 4. The number of hydrogen-bond acceptors (Lipinski definition) is 5. The van der Waals surface area contributed by atoms with Crippen LogP contribution in [-0.2, 0) is 0 Å². The third kappa shape index (κ3) is 3.96. The van der Waals surface area contributed by atoms with E-state index in [0.29, 0.717) is 17.1 Å². The van der Waals surface area contributed by atoms with Crippen molar-refractivity contribution < 1.29 is 14.3 Å². The number of carbonyl (C=O) groups is 1. The number of hydrogen-bond donors (Lipinski definition) is 1. The van der Waals surface area contributed by atoms with Crippen molar-refractivity contribution in [3.05, 3.63) is 40.3 Å². The Morgan fingerprint density at radius 1 is 1.05 bits per heavy atom. The number of aromatic nitrogens is 2. The minimum Gasteiger partial charge on any atom is -0.497 e. The van der Waals surface area contributed by atoms with Crippen LogP contribution in [0.5, 0.6) is 11.5 Å². The minimum absolute atomic E-state index is 0.0546. The fraction of sp³-hybridized carbons (Fsp3) is 0.154. The van der Waals surface area contributed by atoms with E-state index >= 15 is 0 Å². The molecule has 0 bridgehead atoms. The second-order valence-electron chi connectivity index (χ2n) is 3.90. The summed E-state index contributed by atoms with van der Waals surface area (Å²) in [5.74, 6) is 0.793. The molecule has 0 spiro atoms. The summed E-state index contributed by atoms with van der Waals surface area (Å²) < 4.78 is 10.2. The molecule has 1 heterocycles. The van der Waals surface area contributed by atoms with Crippen molar-refractivity contribution >= 4 is 34.9 Å². The monoisotopic (exact) mass is 327 g/mol. The third-order valence-electron chi connectivity index (χ3n) is 2.52. The van der Waals surface area contributed by atoms with Crippen LogP contribution in [0, 0.1) is 0 Å². The summed E-state index contributed by atoms with van der Waals surface area (Å²) in [6.07, 6.45) is 0. The van der Waals surface area contributed by atoms with E-state index in [9.17, 15) is 4.79 Å². The molecule has 1 aromatic heterocycles. The number of anilines is 1. The Labute approximate surface area is 131 Å². The van der Waals surface area contributed by atoms with Gasteiger partial charge in [-0.05, 0) is 23.7 Å². The zero-order chi connectivity index (χ0) is 15.4. The quantitative estimate of drug-likeness (QED) is 0.690. The lowest BCUT2D eigenvalue weighted by atomic mass is 10.2. The maximum Gasteiger partial charge on any atom is 0.257 e. The van der Waals surface area contributed by atoms with Crippen molar-refractivity contribution in [1.82, 2.24) is 9.97 Å². The molecule has 8 heteroatoms. The Hall–Kier alpha value is -2.05. The van der Waals surface area contributed by atoms with Crippen LogP contribution in [0.4, 0.5) is 5.82 Å². The van der Waals surface area contributed by atoms with Gasteiger partial charge in [0.25, 0.3) is 5.91 Å². The summed E-state index contributed by atoms with van der Waals surface area (Å²) in [6.45, 7) is 0. The van der Waals surface area contributed by atoms with Crippen molar-refractivity contribution in [2.24, 2.45) is 0 Å². The van der Waals surface area contributed by atoms with E-state index < -0.39 is 5.91 Å². The van der Waals surface area contributed by atoms with Crippen molar-refractivity contribution in [2.45, 2.75) is 0 Å². The van der Waals surface area contributed by atoms with Gasteiger partial charge in [-0.3, -0.25) is 4.79 Å². The normalized spacial score (nSPS) is 10.1. The van der Waals surface area contributed by atoms with Crippen LogP contribution in [0.2, 0.25) is 10.4 Å². The van der Waals surface area contributed by atoms with E-state index in [1.54, 1.807) is 18.2 Å². The Morgan fingerprint density at radius 3 is 2.19 bits per heavy atom. The number of ether oxygens (including phenoxy) is 2. The van der Waals surface area contributed by atoms with Gasteiger partial charge in [0.05, 0.1) is 14.2 Å². The molecule has 0 aliphatic carbocycles. The van der Waals surface area contributed by atoms with Gasteiger partial charge in [0.2, 0.25) is 5.28 Å². The zero-order valence-electron chi connectivity index (χ0n) is 11.2. The molecule has 0 unspecified atom stereocenters. The third-order valence-corrected chi connectivity index (χ3v) is 2.89. The summed E-state index contributed by atoms with van der Waals surface area (Å²) in [6, 6.07) is 6.20. The van der Waals surface area contributed by atoms with E-state index in [1.807, 2.05) is 0 Å². The average molecular weight is 328 g/mol. The molecule has 0 radical (unpaired) electrons. The molecule has 1 amide bonds. The molecule has 0 atom stereocenters. The van der Waals surface area contributed by atoms with Crippen molar-refractivity contribution in [3.63, 3.8) is 0 Å². The maximum atomic E-state index is 12.2. The minimum atomic E-state index is -0.405. The molecule has 0 fully saturated rings. The van der Waals surface area contributed by atoms with Gasteiger partial charge in [-0.25, -0.2) is 9.97 Å². The lowest BCUT2D eigenvalue weighted by Gasteiger charge is -2.09. The van der Waals surface area contributed by atoms with Gasteiger partial charge in [0.1, 0.15) is 22.5 Å². The second-order valence-corrected chi connectivity index (χ2v) is 4.63. The fourth-order valence-corrected chi connectivity index (χ4v) is 1.99. The molecule has 6 nitrogen and oxygen atoms in total. The number of halogens is 2. The number of methoxy groups -OCH3 is 2. The highest BCUT2D eigenvalue weighted by Crippen LogP contribution is 2.23. The first-order chi connectivity index (χ1) is 10.0. The maximum absolute atomic E-state index is 12.2. The molecule has 2 aromatic rings. The predicted molar refractivity (Wildman–Crippen MR) is 79.6 cm³/mol. The molecular weight excluding hydrogens is 317 g/mol. The van der Waals surface area contributed by atoms with Gasteiger partial charge in [-0.2, -0.15) is 0 Å². The smallest absolute Gasteiger partial charge is 0.257 e. The summed E-state index contributed by atoms with van der Waals surface area (Å²) in [4.78, 5) is 19.8. The van der Waals surface area contributed by atoms with Crippen LogP contribution >= 0.6 is 23.2 Å². The lowest BCUT2D eigenvalue weighted by molar-refractivity contribution is 0.102. The van der Waals surface area contributed by atoms with E-state index in [4.69, 9.17) is 32.7 Å². The van der Waals surface area contributed by atoms with Crippen molar-refractivity contribution in [2.75, 3.05) is 19.5 Å². The standard InChI is InChI=1S/C13H11Cl2N3O3/c1-20-8-3-7(4-9(5-8)21-2)12(19)17-11-6-10(14)16-13(15)18-11/h3-6H,1-2H3,(H,16,17,18,19). The molecule has 0 aliphatic rings. The van der Waals surface area contributed by atoms with Crippen LogP contribution in [-0.4, -0.2) is 30.1 Å². The Morgan fingerprint density at radius 2 is 1.67 bits per heavy atom. The van der Waals surface area contributed by atoms with Gasteiger partial charge in [0.15, 0.2) is 0 Å². The largest absolute Gasteiger partial charge is 0.497 e. The van der Waals surface area contributed by atoms with E-state index in [2.05, 4.69) is 15.3 Å². The van der Waals surface area contributed by atoms with Crippen LogP contribution in [0.3, 0.4) is 0 Å². The predicted octanol–water partition coefficient (Wildman–Crippen LogP) is 3.05. The zero-order valence-corrected chi connectivity index (χ0v) is 12.7. The van der Waals surface area contributed by atoms with E-state index in [0.717, 1.165) is 0 Å². The van der Waals surface area contributed by atoms with E-state index in [1.165, 1.54) is 20.3 Å². The number of carbonyl (C=O) groups excluding carboxylic acids is 1. The highest BCUT2D eigenvalue weighted by Gasteiger charge is 2.12. The Kier molecular flexibility index (Phi) is 4.82. The van der Waals surface area contributed by atoms with Crippen LogP contribution in [0.1, 0.15) is 10.4 Å². The van der Waals surface area contributed by atoms with Gasteiger partial charge >= 0.3 is 0 Å². The molecule has 0 saturated heterocycles. The average Bonchev–Trinajstić information content (AvgIpc) is 2.45. The molecular formula is C13H11Cl2N3O3. The fourth-order valence-electron chi connectivity index (χ4n) is 1.58. The van der Waals surface area contributed by atoms with Gasteiger partial charge in [-0.15, -0.1) is 0 Å². The Bertz CT molecular complexity index is 637. The molecule has 110 valence electrons.